The molecule has 0 aliphatic heterocycles. The largest absolute Gasteiger partial charge is 0.248 e. The molecule has 0 radical (unpaired) electrons. The summed E-state index contributed by atoms with van der Waals surface area (Å²) < 4.78 is 1.89. The van der Waals surface area contributed by atoms with Crippen LogP contribution in [-0.4, -0.2) is 15.0 Å². The third kappa shape index (κ3) is 3.67. The van der Waals surface area contributed by atoms with E-state index in [2.05, 4.69) is 42.4 Å². The predicted octanol–water partition coefficient (Wildman–Crippen LogP) is 2.98. The minimum Gasteiger partial charge on any atom is -0.248 e. The molecule has 0 fully saturated rings. The number of hydrogen-bond acceptors (Lipinski definition) is 3. The van der Waals surface area contributed by atoms with Crippen LogP contribution in [0.1, 0.15) is 37.2 Å². The molecule has 2 aromatic rings. The summed E-state index contributed by atoms with van der Waals surface area (Å²) in [6, 6.07) is 12.4. The fourth-order valence-electron chi connectivity index (χ4n) is 2.13. The molecule has 0 amide bonds. The van der Waals surface area contributed by atoms with E-state index in [4.69, 9.17) is 5.26 Å². The van der Waals surface area contributed by atoms with Gasteiger partial charge in [-0.2, -0.15) is 5.26 Å². The highest BCUT2D eigenvalue weighted by atomic mass is 15.4. The molecule has 2 rings (SSSR count). The predicted molar refractivity (Wildman–Crippen MR) is 78.0 cm³/mol. The number of aryl methyl sites for hydroxylation is 2. The fourth-order valence-corrected chi connectivity index (χ4v) is 2.13. The summed E-state index contributed by atoms with van der Waals surface area (Å²) in [6.45, 7) is 5.20. The van der Waals surface area contributed by atoms with E-state index in [0.29, 0.717) is 11.6 Å². The van der Waals surface area contributed by atoms with Crippen molar-refractivity contribution in [3.8, 4) is 6.07 Å². The molecule has 0 aliphatic carbocycles. The number of rotatable bonds is 6. The Bertz CT molecular complexity index is 578. The molecule has 104 valence electrons. The monoisotopic (exact) mass is 268 g/mol. The molecule has 0 unspecified atom stereocenters. The number of benzene rings is 1. The lowest BCUT2D eigenvalue weighted by molar-refractivity contribution is 0.467. The molecule has 0 N–H and O–H groups in total. The topological polar surface area (TPSA) is 54.5 Å². The summed E-state index contributed by atoms with van der Waals surface area (Å²) >= 11 is 0. The van der Waals surface area contributed by atoms with E-state index in [1.807, 2.05) is 22.9 Å². The normalized spacial score (nSPS) is 10.7. The summed E-state index contributed by atoms with van der Waals surface area (Å²) in [6.07, 6.45) is 2.76. The van der Waals surface area contributed by atoms with Crippen LogP contribution in [0.25, 0.3) is 0 Å². The average molecular weight is 268 g/mol. The van der Waals surface area contributed by atoms with E-state index >= 15 is 0 Å². The summed E-state index contributed by atoms with van der Waals surface area (Å²) in [5.74, 6) is 0.617. The molecule has 0 atom stereocenters. The maximum atomic E-state index is 9.14. The van der Waals surface area contributed by atoms with Gasteiger partial charge in [-0.15, -0.1) is 5.10 Å². The highest BCUT2D eigenvalue weighted by Gasteiger charge is 2.12. The SMILES string of the molecule is CC(C)CCn1nnc(C#N)c1CCc1ccccc1. The van der Waals surface area contributed by atoms with Gasteiger partial charge in [0.25, 0.3) is 0 Å². The standard InChI is InChI=1S/C16H20N4/c1-13(2)10-11-20-16(15(12-17)18-19-20)9-8-14-6-4-3-5-7-14/h3-7,13H,8-11H2,1-2H3. The van der Waals surface area contributed by atoms with Crippen molar-refractivity contribution in [2.45, 2.75) is 39.7 Å². The molecular weight excluding hydrogens is 248 g/mol. The molecule has 1 aromatic carbocycles. The Labute approximate surface area is 120 Å². The van der Waals surface area contributed by atoms with Gasteiger partial charge < -0.3 is 0 Å². The maximum Gasteiger partial charge on any atom is 0.185 e. The van der Waals surface area contributed by atoms with Crippen LogP contribution in [-0.2, 0) is 19.4 Å². The Kier molecular flexibility index (Phi) is 4.89. The molecule has 0 saturated heterocycles. The molecular formula is C16H20N4. The second-order valence-corrected chi connectivity index (χ2v) is 5.39. The molecule has 0 bridgehead atoms. The number of aromatic nitrogens is 3. The Morgan fingerprint density at radius 2 is 1.95 bits per heavy atom. The van der Waals surface area contributed by atoms with Gasteiger partial charge >= 0.3 is 0 Å². The Morgan fingerprint density at radius 1 is 1.20 bits per heavy atom. The smallest absolute Gasteiger partial charge is 0.185 e. The van der Waals surface area contributed by atoms with E-state index in [-0.39, 0.29) is 0 Å². The van der Waals surface area contributed by atoms with Crippen LogP contribution in [0, 0.1) is 17.2 Å². The fraction of sp³-hybridized carbons (Fsp3) is 0.438. The first kappa shape index (κ1) is 14.3. The van der Waals surface area contributed by atoms with Crippen molar-refractivity contribution < 1.29 is 0 Å². The van der Waals surface area contributed by atoms with Gasteiger partial charge in [-0.25, -0.2) is 4.68 Å². The van der Waals surface area contributed by atoms with Crippen LogP contribution in [0.5, 0.6) is 0 Å². The van der Waals surface area contributed by atoms with Gasteiger partial charge in [-0.1, -0.05) is 49.4 Å². The molecule has 0 aliphatic rings. The number of hydrogen-bond donors (Lipinski definition) is 0. The van der Waals surface area contributed by atoms with Crippen molar-refractivity contribution in [2.24, 2.45) is 5.92 Å². The highest BCUT2D eigenvalue weighted by molar-refractivity contribution is 5.26. The second kappa shape index (κ2) is 6.85. The van der Waals surface area contributed by atoms with Gasteiger partial charge in [0.05, 0.1) is 5.69 Å². The van der Waals surface area contributed by atoms with Gasteiger partial charge in [-0.05, 0) is 30.7 Å². The first-order valence-electron chi connectivity index (χ1n) is 7.07. The van der Waals surface area contributed by atoms with Crippen molar-refractivity contribution in [1.82, 2.24) is 15.0 Å². The third-order valence-corrected chi connectivity index (χ3v) is 3.36. The van der Waals surface area contributed by atoms with Gasteiger partial charge in [0.15, 0.2) is 5.69 Å². The zero-order valence-corrected chi connectivity index (χ0v) is 12.1. The van der Waals surface area contributed by atoms with Crippen LogP contribution in [0.2, 0.25) is 0 Å². The van der Waals surface area contributed by atoms with Crippen LogP contribution in [0.3, 0.4) is 0 Å². The first-order valence-corrected chi connectivity index (χ1v) is 7.07. The average Bonchev–Trinajstić information content (AvgIpc) is 2.86. The quantitative estimate of drug-likeness (QED) is 0.809. The van der Waals surface area contributed by atoms with Crippen LogP contribution in [0.15, 0.2) is 30.3 Å². The molecule has 1 heterocycles. The van der Waals surface area contributed by atoms with Crippen LogP contribution in [0.4, 0.5) is 0 Å². The molecule has 20 heavy (non-hydrogen) atoms. The second-order valence-electron chi connectivity index (χ2n) is 5.39. The summed E-state index contributed by atoms with van der Waals surface area (Å²) in [4.78, 5) is 0. The van der Waals surface area contributed by atoms with Crippen LogP contribution >= 0.6 is 0 Å². The first-order chi connectivity index (χ1) is 9.70. The van der Waals surface area contributed by atoms with E-state index in [9.17, 15) is 0 Å². The van der Waals surface area contributed by atoms with Crippen molar-refractivity contribution in [2.75, 3.05) is 0 Å². The Hall–Kier alpha value is -2.15. The van der Waals surface area contributed by atoms with Gasteiger partial charge in [0.2, 0.25) is 0 Å². The minimum atomic E-state index is 0.463. The van der Waals surface area contributed by atoms with E-state index in [1.165, 1.54) is 5.56 Å². The van der Waals surface area contributed by atoms with E-state index in [1.54, 1.807) is 0 Å². The number of nitrogens with zero attached hydrogens (tertiary/aromatic N) is 4. The number of nitriles is 1. The van der Waals surface area contributed by atoms with E-state index < -0.39 is 0 Å². The van der Waals surface area contributed by atoms with Crippen molar-refractivity contribution in [3.05, 3.63) is 47.3 Å². The Balaban J connectivity index is 2.09. The van der Waals surface area contributed by atoms with Crippen molar-refractivity contribution in [3.63, 3.8) is 0 Å². The van der Waals surface area contributed by atoms with Crippen LogP contribution < -0.4 is 0 Å². The van der Waals surface area contributed by atoms with Crippen molar-refractivity contribution in [1.29, 1.82) is 5.26 Å². The Morgan fingerprint density at radius 3 is 2.60 bits per heavy atom. The lowest BCUT2D eigenvalue weighted by atomic mass is 10.1. The van der Waals surface area contributed by atoms with Gasteiger partial charge in [0.1, 0.15) is 6.07 Å². The summed E-state index contributed by atoms with van der Waals surface area (Å²) in [7, 11) is 0. The summed E-state index contributed by atoms with van der Waals surface area (Å²) in [5, 5.41) is 17.2. The molecule has 1 aromatic heterocycles. The minimum absolute atomic E-state index is 0.463. The summed E-state index contributed by atoms with van der Waals surface area (Å²) in [5.41, 5.74) is 2.69. The third-order valence-electron chi connectivity index (χ3n) is 3.36. The van der Waals surface area contributed by atoms with Crippen molar-refractivity contribution >= 4 is 0 Å². The zero-order valence-electron chi connectivity index (χ0n) is 12.1. The molecule has 0 saturated carbocycles. The lowest BCUT2D eigenvalue weighted by Gasteiger charge is -2.08. The highest BCUT2D eigenvalue weighted by Crippen LogP contribution is 2.12. The molecule has 0 spiro atoms. The van der Waals surface area contributed by atoms with E-state index in [0.717, 1.165) is 31.5 Å². The van der Waals surface area contributed by atoms with Gasteiger partial charge in [0, 0.05) is 6.54 Å². The maximum absolute atomic E-state index is 9.14. The molecule has 4 nitrogen and oxygen atoms in total. The lowest BCUT2D eigenvalue weighted by Crippen LogP contribution is -2.09. The molecule has 4 heteroatoms. The van der Waals surface area contributed by atoms with Gasteiger partial charge in [-0.3, -0.25) is 0 Å². The zero-order chi connectivity index (χ0) is 14.4.